The molecule has 0 amide bonds. The van der Waals surface area contributed by atoms with Crippen molar-refractivity contribution in [2.24, 2.45) is 62.1 Å². The van der Waals surface area contributed by atoms with Crippen molar-refractivity contribution < 1.29 is 34.0 Å². The maximum atomic E-state index is 13.1. The Bertz CT molecular complexity index is 2230. The number of allylic oxidation sites excluding steroid dienone is 1. The average Bonchev–Trinajstić information content (AvgIpc) is 3.94. The minimum atomic E-state index is -1.17. The minimum absolute atomic E-state index is 0.0466. The molecular formula is C49H73N5O9. The first-order chi connectivity index (χ1) is 29.5. The maximum absolute atomic E-state index is 13.1. The average molecular weight is 876 g/mol. The van der Waals surface area contributed by atoms with Crippen molar-refractivity contribution >= 4 is 11.9 Å². The number of nitrogens with zero attached hydrogens (tertiary/aromatic N) is 4. The summed E-state index contributed by atoms with van der Waals surface area (Å²) in [6.45, 7) is 24.7. The van der Waals surface area contributed by atoms with Crippen molar-refractivity contribution in [1.82, 2.24) is 24.5 Å². The van der Waals surface area contributed by atoms with Crippen molar-refractivity contribution in [3.63, 3.8) is 0 Å². The van der Waals surface area contributed by atoms with Crippen LogP contribution < -0.4 is 11.2 Å². The molecule has 5 saturated carbocycles. The van der Waals surface area contributed by atoms with E-state index in [0.29, 0.717) is 60.6 Å². The molecule has 14 heteroatoms. The number of aliphatic hydroxyl groups is 1. The summed E-state index contributed by atoms with van der Waals surface area (Å²) in [6.07, 6.45) is 11.8. The van der Waals surface area contributed by atoms with Crippen LogP contribution in [-0.2, 0) is 30.4 Å². The molecule has 6 aliphatic rings. The molecular weight excluding hydrogens is 803 g/mol. The van der Waals surface area contributed by atoms with Crippen LogP contribution in [0.5, 0.6) is 0 Å². The van der Waals surface area contributed by atoms with Crippen LogP contribution in [0.15, 0.2) is 34.0 Å². The highest BCUT2D eigenvalue weighted by molar-refractivity contribution is 5.81. The van der Waals surface area contributed by atoms with Crippen LogP contribution in [0, 0.1) is 69.0 Å². The fourth-order valence-electron chi connectivity index (χ4n) is 15.5. The second-order valence-electron chi connectivity index (χ2n) is 23.0. The molecule has 348 valence electrons. The Morgan fingerprint density at radius 3 is 2.43 bits per heavy atom. The first-order valence-corrected chi connectivity index (χ1v) is 23.7. The Labute approximate surface area is 371 Å². The number of aryl methyl sites for hydroxylation is 1. The van der Waals surface area contributed by atoms with Crippen LogP contribution in [0.1, 0.15) is 156 Å². The van der Waals surface area contributed by atoms with Crippen molar-refractivity contribution in [3.05, 3.63) is 56.6 Å². The summed E-state index contributed by atoms with van der Waals surface area (Å²) in [5.74, 6) is 0.933. The molecule has 3 N–H and O–H groups in total. The third kappa shape index (κ3) is 7.40. The number of carbonyl (C=O) groups excluding carboxylic acids is 1. The molecule has 6 fully saturated rings. The number of nitrogens with one attached hydrogen (secondary N) is 1. The number of hydrogen-bond acceptors (Lipinski definition) is 10. The number of carboxylic acids is 1. The van der Waals surface area contributed by atoms with E-state index in [1.807, 2.05) is 6.20 Å². The number of aromatic nitrogens is 5. The van der Waals surface area contributed by atoms with Crippen molar-refractivity contribution in [2.45, 2.75) is 170 Å². The third-order valence-corrected chi connectivity index (χ3v) is 19.0. The first-order valence-electron chi connectivity index (χ1n) is 23.7. The lowest BCUT2D eigenvalue weighted by molar-refractivity contribution is -0.254. The van der Waals surface area contributed by atoms with E-state index in [1.54, 1.807) is 25.5 Å². The van der Waals surface area contributed by atoms with E-state index in [-0.39, 0.29) is 52.2 Å². The van der Waals surface area contributed by atoms with Gasteiger partial charge in [-0.3, -0.25) is 23.9 Å². The summed E-state index contributed by atoms with van der Waals surface area (Å²) in [5.41, 5.74) is 0.489. The molecule has 1 aliphatic heterocycles. The topological polar surface area (TPSA) is 188 Å². The van der Waals surface area contributed by atoms with Gasteiger partial charge in [0.15, 0.2) is 0 Å². The van der Waals surface area contributed by atoms with Gasteiger partial charge in [0.25, 0.3) is 5.56 Å². The van der Waals surface area contributed by atoms with Gasteiger partial charge in [0.05, 0.1) is 50.0 Å². The van der Waals surface area contributed by atoms with E-state index in [4.69, 9.17) is 14.2 Å². The third-order valence-electron chi connectivity index (χ3n) is 19.0. The molecule has 0 radical (unpaired) electrons. The van der Waals surface area contributed by atoms with Crippen molar-refractivity contribution in [2.75, 3.05) is 13.2 Å². The summed E-state index contributed by atoms with van der Waals surface area (Å²) >= 11 is 0. The molecule has 0 bridgehead atoms. The molecule has 0 aromatic carbocycles. The van der Waals surface area contributed by atoms with Crippen LogP contribution in [-0.4, -0.2) is 72.1 Å². The van der Waals surface area contributed by atoms with E-state index in [0.717, 1.165) is 51.4 Å². The molecule has 0 spiro atoms. The number of ether oxygens (including phenoxy) is 3. The van der Waals surface area contributed by atoms with Gasteiger partial charge in [-0.15, -0.1) is 5.10 Å². The zero-order valence-electron chi connectivity index (χ0n) is 39.2. The highest BCUT2D eigenvalue weighted by atomic mass is 16.5. The molecule has 3 heterocycles. The Morgan fingerprint density at radius 1 is 1.00 bits per heavy atom. The van der Waals surface area contributed by atoms with Gasteiger partial charge in [-0.25, -0.2) is 9.48 Å². The Morgan fingerprint density at radius 2 is 1.75 bits per heavy atom. The lowest BCUT2D eigenvalue weighted by Crippen LogP contribution is -2.67. The Balaban J connectivity index is 0.952. The SMILES string of the molecule is C=C(C)[C@@H]1CC[C@]2(COC(=O)CC(C)(C)C(=O)O)CC[C@]3(C)[C@H](CC[C@@H]4[C@@]5(C)CC[C@H](OCc6cn([C@@H]7C[C@@H](n8c(C)cc(=O)[nH]c8=O)O[C@H]7CO)nn6)C(C)(C)[C@@H]5CC[C@]43C)[C@@H]12. The Hall–Kier alpha value is -3.62. The maximum Gasteiger partial charge on any atom is 0.330 e. The van der Waals surface area contributed by atoms with E-state index >= 15 is 0 Å². The summed E-state index contributed by atoms with van der Waals surface area (Å²) in [7, 11) is 0. The number of fused-ring (bicyclic) bond motifs is 7. The predicted octanol–water partition coefficient (Wildman–Crippen LogP) is 7.54. The number of carboxylic acid groups (broad SMARTS) is 1. The zero-order chi connectivity index (χ0) is 45.7. The highest BCUT2D eigenvalue weighted by Crippen LogP contribution is 2.77. The van der Waals surface area contributed by atoms with Crippen LogP contribution in [0.4, 0.5) is 0 Å². The monoisotopic (exact) mass is 876 g/mol. The van der Waals surface area contributed by atoms with Crippen molar-refractivity contribution in [3.8, 4) is 0 Å². The van der Waals surface area contributed by atoms with Crippen LogP contribution in [0.3, 0.4) is 0 Å². The predicted molar refractivity (Wildman–Crippen MR) is 235 cm³/mol. The van der Waals surface area contributed by atoms with Gasteiger partial charge in [-0.2, -0.15) is 0 Å². The van der Waals surface area contributed by atoms with Gasteiger partial charge in [-0.1, -0.05) is 52.0 Å². The number of H-pyrrole nitrogens is 1. The lowest BCUT2D eigenvalue weighted by atomic mass is 9.32. The van der Waals surface area contributed by atoms with Gasteiger partial charge in [-0.05, 0) is 143 Å². The molecule has 63 heavy (non-hydrogen) atoms. The van der Waals surface area contributed by atoms with Crippen LogP contribution >= 0.6 is 0 Å². The molecule has 1 saturated heterocycles. The fraction of sp³-hybridized carbons (Fsp3) is 0.796. The summed E-state index contributed by atoms with van der Waals surface area (Å²) in [4.78, 5) is 51.8. The van der Waals surface area contributed by atoms with Gasteiger partial charge in [0, 0.05) is 23.6 Å². The number of aromatic amines is 1. The highest BCUT2D eigenvalue weighted by Gasteiger charge is 2.71. The second-order valence-corrected chi connectivity index (χ2v) is 23.0. The normalized spacial score (nSPS) is 39.4. The van der Waals surface area contributed by atoms with Gasteiger partial charge in [0.1, 0.15) is 18.0 Å². The smallest absolute Gasteiger partial charge is 0.330 e. The first kappa shape index (κ1) is 45.9. The molecule has 0 unspecified atom stereocenters. The molecule has 8 rings (SSSR count). The van der Waals surface area contributed by atoms with Gasteiger partial charge in [0.2, 0.25) is 0 Å². The quantitative estimate of drug-likeness (QED) is 0.141. The molecule has 2 aromatic rings. The number of rotatable bonds is 12. The number of hydrogen-bond donors (Lipinski definition) is 3. The summed E-state index contributed by atoms with van der Waals surface area (Å²) in [6, 6.07) is 1.000. The van der Waals surface area contributed by atoms with Gasteiger partial charge >= 0.3 is 17.6 Å². The number of esters is 1. The molecule has 14 nitrogen and oxygen atoms in total. The summed E-state index contributed by atoms with van der Waals surface area (Å²) < 4.78 is 22.1. The van der Waals surface area contributed by atoms with Gasteiger partial charge < -0.3 is 24.4 Å². The second kappa shape index (κ2) is 16.1. The van der Waals surface area contributed by atoms with Crippen LogP contribution in [0.25, 0.3) is 0 Å². The standard InChI is InChI=1S/C49H73N5O9/c1-28(2)31-13-18-49(27-62-40(57)23-44(4,5)42(58)59)20-19-47(9)32(41(31)49)11-12-36-46(8)16-15-37(45(6,7)35(46)14-17-48(36,47)10)61-26-30-24-53(52-51-30)33-22-39(63-34(33)25-55)54-29(3)21-38(56)50-43(54)60/h21,24,31-37,39,41,55H,1,11-20,22-23,25-27H2,2-10H3,(H,58,59)(H,50,56,60)/t31-,32+,33+,34-,35-,36+,37-,39-,41+,46-,47+,48+,49+/m0/s1. The summed E-state index contributed by atoms with van der Waals surface area (Å²) in [5, 5.41) is 28.8. The lowest BCUT2D eigenvalue weighted by Gasteiger charge is -2.73. The zero-order valence-corrected chi connectivity index (χ0v) is 39.2. The minimum Gasteiger partial charge on any atom is -0.481 e. The number of aliphatic carboxylic acids is 1. The van der Waals surface area contributed by atoms with E-state index in [1.165, 1.54) is 29.0 Å². The van der Waals surface area contributed by atoms with E-state index in [9.17, 15) is 29.4 Å². The number of aliphatic hydroxyl groups excluding tert-OH is 1. The van der Waals surface area contributed by atoms with E-state index < -0.39 is 40.9 Å². The molecule has 13 atom stereocenters. The molecule has 2 aromatic heterocycles. The molecule has 5 aliphatic carbocycles. The van der Waals surface area contributed by atoms with Crippen molar-refractivity contribution in [1.29, 1.82) is 0 Å². The van der Waals surface area contributed by atoms with Crippen LogP contribution in [0.2, 0.25) is 0 Å². The number of carbonyl (C=O) groups is 2. The largest absolute Gasteiger partial charge is 0.481 e. The van der Waals surface area contributed by atoms with E-state index in [2.05, 4.69) is 63.4 Å². The fourth-order valence-corrected chi connectivity index (χ4v) is 15.5. The Kier molecular flexibility index (Phi) is 11.7.